The highest BCUT2D eigenvalue weighted by atomic mass is 35.5. The van der Waals surface area contributed by atoms with Crippen LogP contribution in [0.25, 0.3) is 11.0 Å². The Balaban J connectivity index is 1.45. The van der Waals surface area contributed by atoms with Gasteiger partial charge in [-0.2, -0.15) is 0 Å². The van der Waals surface area contributed by atoms with Crippen LogP contribution in [-0.2, 0) is 20.7 Å². The van der Waals surface area contributed by atoms with Gasteiger partial charge in [-0.1, -0.05) is 11.6 Å². The molecule has 3 rings (SSSR count). The Morgan fingerprint density at radius 3 is 2.57 bits per heavy atom. The summed E-state index contributed by atoms with van der Waals surface area (Å²) < 4.78 is 10.2. The molecule has 0 radical (unpaired) electrons. The van der Waals surface area contributed by atoms with Crippen LogP contribution in [0.5, 0.6) is 5.75 Å². The number of rotatable bonds is 5. The lowest BCUT2D eigenvalue weighted by atomic mass is 10.1. The van der Waals surface area contributed by atoms with Crippen LogP contribution in [0.3, 0.4) is 0 Å². The van der Waals surface area contributed by atoms with E-state index in [2.05, 4.69) is 10.9 Å². The predicted molar refractivity (Wildman–Crippen MR) is 99.6 cm³/mol. The summed E-state index contributed by atoms with van der Waals surface area (Å²) in [6, 6.07) is 10.6. The fourth-order valence-corrected chi connectivity index (χ4v) is 2.52. The molecule has 3 N–H and O–H groups in total. The molecular formula is C19H15ClN2O6. The Kier molecular flexibility index (Phi) is 5.81. The zero-order valence-electron chi connectivity index (χ0n) is 14.4. The molecule has 0 atom stereocenters. The Morgan fingerprint density at radius 1 is 1.07 bits per heavy atom. The maximum atomic E-state index is 11.9. The highest BCUT2D eigenvalue weighted by Gasteiger charge is 2.14. The molecule has 1 aromatic heterocycles. The number of hydrogen-bond donors (Lipinski definition) is 3. The zero-order chi connectivity index (χ0) is 20.1. The van der Waals surface area contributed by atoms with Gasteiger partial charge in [0.2, 0.25) is 0 Å². The molecule has 8 nitrogen and oxygen atoms in total. The normalized spacial score (nSPS) is 10.5. The number of phenols is 1. The number of amides is 2. The second-order valence-corrected chi connectivity index (χ2v) is 6.22. The molecule has 3 aromatic rings. The number of halogens is 1. The van der Waals surface area contributed by atoms with Crippen LogP contribution in [0.15, 0.2) is 53.1 Å². The number of furan rings is 1. The SMILES string of the molecule is O=C(COC(=O)Cc1coc2cc(O)ccc12)NNC(=O)c1ccc(Cl)cc1. The number of nitrogens with one attached hydrogen (secondary N) is 2. The molecule has 9 heteroatoms. The summed E-state index contributed by atoms with van der Waals surface area (Å²) in [5.74, 6) is -1.83. The molecule has 2 amide bonds. The molecule has 0 aliphatic heterocycles. The summed E-state index contributed by atoms with van der Waals surface area (Å²) in [7, 11) is 0. The van der Waals surface area contributed by atoms with Gasteiger partial charge in [-0.3, -0.25) is 25.2 Å². The number of esters is 1. The number of aromatic hydroxyl groups is 1. The first kappa shape index (κ1) is 19.2. The number of fused-ring (bicyclic) bond motifs is 1. The highest BCUT2D eigenvalue weighted by Crippen LogP contribution is 2.25. The van der Waals surface area contributed by atoms with E-state index in [1.807, 2.05) is 0 Å². The predicted octanol–water partition coefficient (Wildman–Crippen LogP) is 2.34. The number of phenolic OH excluding ortho intramolecular Hbond substituents is 1. The Bertz CT molecular complexity index is 1030. The number of hydrazine groups is 1. The van der Waals surface area contributed by atoms with E-state index in [0.29, 0.717) is 27.1 Å². The molecule has 0 fully saturated rings. The topological polar surface area (TPSA) is 118 Å². The minimum Gasteiger partial charge on any atom is -0.508 e. The van der Waals surface area contributed by atoms with E-state index in [9.17, 15) is 19.5 Å². The molecule has 0 aliphatic rings. The van der Waals surface area contributed by atoms with Crippen molar-refractivity contribution in [3.63, 3.8) is 0 Å². The monoisotopic (exact) mass is 402 g/mol. The third-order valence-electron chi connectivity index (χ3n) is 3.76. The van der Waals surface area contributed by atoms with E-state index in [1.165, 1.54) is 30.5 Å². The first-order chi connectivity index (χ1) is 13.4. The maximum Gasteiger partial charge on any atom is 0.310 e. The summed E-state index contributed by atoms with van der Waals surface area (Å²) >= 11 is 5.74. The van der Waals surface area contributed by atoms with Crippen LogP contribution < -0.4 is 10.9 Å². The molecule has 0 saturated carbocycles. The molecule has 1 heterocycles. The van der Waals surface area contributed by atoms with Gasteiger partial charge < -0.3 is 14.3 Å². The lowest BCUT2D eigenvalue weighted by molar-refractivity contribution is -0.148. The van der Waals surface area contributed by atoms with E-state index in [-0.39, 0.29) is 12.2 Å². The first-order valence-electron chi connectivity index (χ1n) is 8.12. The smallest absolute Gasteiger partial charge is 0.310 e. The van der Waals surface area contributed by atoms with Crippen molar-refractivity contribution in [3.8, 4) is 5.75 Å². The summed E-state index contributed by atoms with van der Waals surface area (Å²) in [5, 5.41) is 10.6. The quantitative estimate of drug-likeness (QED) is 0.445. The van der Waals surface area contributed by atoms with Gasteiger partial charge in [0.1, 0.15) is 11.3 Å². The molecule has 0 spiro atoms. The number of ether oxygens (including phenoxy) is 1. The molecule has 0 saturated heterocycles. The molecular weight excluding hydrogens is 388 g/mol. The number of carbonyl (C=O) groups is 3. The maximum absolute atomic E-state index is 11.9. The second-order valence-electron chi connectivity index (χ2n) is 5.79. The number of hydrogen-bond acceptors (Lipinski definition) is 6. The van der Waals surface area contributed by atoms with Crippen LogP contribution in [0.4, 0.5) is 0 Å². The van der Waals surface area contributed by atoms with Gasteiger partial charge in [0, 0.05) is 27.6 Å². The van der Waals surface area contributed by atoms with Gasteiger partial charge in [0.05, 0.1) is 12.7 Å². The van der Waals surface area contributed by atoms with Crippen LogP contribution in [0.2, 0.25) is 5.02 Å². The van der Waals surface area contributed by atoms with Gasteiger partial charge >= 0.3 is 5.97 Å². The van der Waals surface area contributed by atoms with Crippen molar-refractivity contribution in [1.29, 1.82) is 0 Å². The van der Waals surface area contributed by atoms with Crippen molar-refractivity contribution in [2.45, 2.75) is 6.42 Å². The zero-order valence-corrected chi connectivity index (χ0v) is 15.2. The third-order valence-corrected chi connectivity index (χ3v) is 4.01. The minimum absolute atomic E-state index is 0.0493. The lowest BCUT2D eigenvalue weighted by Crippen LogP contribution is -2.43. The van der Waals surface area contributed by atoms with Gasteiger partial charge in [0.25, 0.3) is 11.8 Å². The summed E-state index contributed by atoms with van der Waals surface area (Å²) in [4.78, 5) is 35.5. The van der Waals surface area contributed by atoms with Gasteiger partial charge in [-0.15, -0.1) is 0 Å². The first-order valence-corrected chi connectivity index (χ1v) is 8.49. The number of carbonyl (C=O) groups excluding carboxylic acids is 3. The Labute approximate surface area is 164 Å². The average Bonchev–Trinajstić information content (AvgIpc) is 3.06. The highest BCUT2D eigenvalue weighted by molar-refractivity contribution is 6.30. The van der Waals surface area contributed by atoms with Crippen molar-refractivity contribution < 1.29 is 28.6 Å². The van der Waals surface area contributed by atoms with Crippen molar-refractivity contribution in [3.05, 3.63) is 64.9 Å². The molecule has 144 valence electrons. The molecule has 28 heavy (non-hydrogen) atoms. The van der Waals surface area contributed by atoms with Crippen molar-refractivity contribution in [2.24, 2.45) is 0 Å². The van der Waals surface area contributed by atoms with Crippen molar-refractivity contribution >= 4 is 40.4 Å². The fraction of sp³-hybridized carbons (Fsp3) is 0.105. The third kappa shape index (κ3) is 4.80. The standard InChI is InChI=1S/C19H15ClN2O6/c20-13-3-1-11(2-4-13)19(26)22-21-17(24)10-28-18(25)7-12-9-27-16-8-14(23)5-6-15(12)16/h1-6,8-9,23H,7,10H2,(H,21,24)(H,22,26). The minimum atomic E-state index is -0.697. The van der Waals surface area contributed by atoms with Gasteiger partial charge in [-0.05, 0) is 36.4 Å². The molecule has 0 aliphatic carbocycles. The fourth-order valence-electron chi connectivity index (χ4n) is 2.40. The Hall–Kier alpha value is -3.52. The lowest BCUT2D eigenvalue weighted by Gasteiger charge is -2.08. The molecule has 0 bridgehead atoms. The Morgan fingerprint density at radius 2 is 1.82 bits per heavy atom. The van der Waals surface area contributed by atoms with Crippen molar-refractivity contribution in [2.75, 3.05) is 6.61 Å². The van der Waals surface area contributed by atoms with Crippen LogP contribution in [0.1, 0.15) is 15.9 Å². The van der Waals surface area contributed by atoms with E-state index < -0.39 is 24.4 Å². The largest absolute Gasteiger partial charge is 0.508 e. The average molecular weight is 403 g/mol. The second kappa shape index (κ2) is 8.45. The summed E-state index contributed by atoms with van der Waals surface area (Å²) in [6.07, 6.45) is 1.28. The van der Waals surface area contributed by atoms with Crippen LogP contribution in [0, 0.1) is 0 Å². The van der Waals surface area contributed by atoms with E-state index in [1.54, 1.807) is 18.2 Å². The molecule has 2 aromatic carbocycles. The molecule has 0 unspecified atom stereocenters. The van der Waals surface area contributed by atoms with Crippen LogP contribution >= 0.6 is 11.6 Å². The van der Waals surface area contributed by atoms with E-state index >= 15 is 0 Å². The van der Waals surface area contributed by atoms with Gasteiger partial charge in [0.15, 0.2) is 6.61 Å². The number of benzene rings is 2. The van der Waals surface area contributed by atoms with E-state index in [4.69, 9.17) is 20.8 Å². The summed E-state index contributed by atoms with van der Waals surface area (Å²) in [6.45, 7) is -0.559. The van der Waals surface area contributed by atoms with Crippen LogP contribution in [-0.4, -0.2) is 29.5 Å². The van der Waals surface area contributed by atoms with E-state index in [0.717, 1.165) is 0 Å². The van der Waals surface area contributed by atoms with Crippen molar-refractivity contribution in [1.82, 2.24) is 10.9 Å². The van der Waals surface area contributed by atoms with Gasteiger partial charge in [-0.25, -0.2) is 0 Å². The summed E-state index contributed by atoms with van der Waals surface area (Å²) in [5.41, 5.74) is 5.66.